The largest absolute Gasteiger partial charge is 0.473 e. The van der Waals surface area contributed by atoms with E-state index in [2.05, 4.69) is 24.6 Å². The third-order valence-corrected chi connectivity index (χ3v) is 6.18. The van der Waals surface area contributed by atoms with E-state index in [1.54, 1.807) is 6.07 Å². The molecule has 3 aromatic rings. The van der Waals surface area contributed by atoms with Crippen molar-refractivity contribution in [1.82, 2.24) is 24.4 Å². The summed E-state index contributed by atoms with van der Waals surface area (Å²) in [5, 5.41) is 3.29. The molecule has 0 aromatic carbocycles. The minimum absolute atomic E-state index is 0.103. The molecule has 1 atom stereocenters. The van der Waals surface area contributed by atoms with Crippen LogP contribution < -0.4 is 4.74 Å². The van der Waals surface area contributed by atoms with Crippen LogP contribution in [0.25, 0.3) is 11.4 Å². The average molecular weight is 441 g/mol. The summed E-state index contributed by atoms with van der Waals surface area (Å²) in [6.45, 7) is 0.420. The molecule has 0 unspecified atom stereocenters. The van der Waals surface area contributed by atoms with E-state index in [-0.39, 0.29) is 35.3 Å². The first kappa shape index (κ1) is 20.2. The van der Waals surface area contributed by atoms with Crippen molar-refractivity contribution in [3.8, 4) is 17.3 Å². The van der Waals surface area contributed by atoms with Crippen LogP contribution in [0, 0.1) is 0 Å². The van der Waals surface area contributed by atoms with Crippen molar-refractivity contribution in [1.29, 1.82) is 0 Å². The molecule has 1 aliphatic rings. The molecule has 0 saturated carbocycles. The van der Waals surface area contributed by atoms with Crippen LogP contribution in [0.1, 0.15) is 12.3 Å². The molecular formula is C17H14F3N5O4S. The normalized spacial score (nSPS) is 17.9. The zero-order chi connectivity index (χ0) is 21.4. The lowest BCUT2D eigenvalue weighted by atomic mass is 10.2. The first-order valence-corrected chi connectivity index (χ1v) is 10.1. The van der Waals surface area contributed by atoms with E-state index in [0.29, 0.717) is 6.42 Å². The number of ether oxygens (including phenoxy) is 1. The Balaban J connectivity index is 1.40. The van der Waals surface area contributed by atoms with Crippen LogP contribution in [-0.2, 0) is 16.2 Å². The highest BCUT2D eigenvalue weighted by molar-refractivity contribution is 7.89. The number of pyridine rings is 2. The zero-order valence-corrected chi connectivity index (χ0v) is 16.0. The Bertz CT molecular complexity index is 1120. The van der Waals surface area contributed by atoms with Crippen LogP contribution in [0.5, 0.6) is 5.88 Å². The van der Waals surface area contributed by atoms with E-state index in [1.807, 2.05) is 0 Å². The number of rotatable bonds is 5. The summed E-state index contributed by atoms with van der Waals surface area (Å²) in [6, 6.07) is 5.90. The van der Waals surface area contributed by atoms with Gasteiger partial charge in [-0.1, -0.05) is 5.16 Å². The van der Waals surface area contributed by atoms with Crippen LogP contribution >= 0.6 is 0 Å². The fraction of sp³-hybridized carbons (Fsp3) is 0.294. The number of alkyl halides is 3. The minimum atomic E-state index is -4.73. The molecule has 0 amide bonds. The van der Waals surface area contributed by atoms with Crippen molar-refractivity contribution in [3.63, 3.8) is 0 Å². The summed E-state index contributed by atoms with van der Waals surface area (Å²) in [4.78, 5) is 11.3. The molecular weight excluding hydrogens is 427 g/mol. The van der Waals surface area contributed by atoms with Gasteiger partial charge in [-0.15, -0.1) is 0 Å². The second kappa shape index (κ2) is 7.65. The van der Waals surface area contributed by atoms with Crippen LogP contribution in [-0.4, -0.2) is 52.0 Å². The summed E-state index contributed by atoms with van der Waals surface area (Å²) in [6.07, 6.45) is -0.667. The van der Waals surface area contributed by atoms with Gasteiger partial charge in [0.25, 0.3) is 0 Å². The van der Waals surface area contributed by atoms with Crippen molar-refractivity contribution in [2.45, 2.75) is 23.6 Å². The van der Waals surface area contributed by atoms with Gasteiger partial charge < -0.3 is 9.26 Å². The van der Waals surface area contributed by atoms with Gasteiger partial charge in [-0.3, -0.25) is 4.98 Å². The van der Waals surface area contributed by atoms with Crippen LogP contribution in [0.2, 0.25) is 0 Å². The lowest BCUT2D eigenvalue weighted by molar-refractivity contribution is -0.159. The highest BCUT2D eigenvalue weighted by Gasteiger charge is 2.38. The molecule has 4 rings (SSSR count). The molecule has 0 aliphatic carbocycles. The third-order valence-electron chi connectivity index (χ3n) is 4.33. The number of nitrogens with zero attached hydrogens (tertiary/aromatic N) is 5. The van der Waals surface area contributed by atoms with E-state index in [4.69, 9.17) is 4.74 Å². The van der Waals surface area contributed by atoms with Gasteiger partial charge in [-0.05, 0) is 24.6 Å². The summed E-state index contributed by atoms with van der Waals surface area (Å²) < 4.78 is 74.1. The average Bonchev–Trinajstić information content (AvgIpc) is 3.39. The van der Waals surface area contributed by atoms with E-state index in [0.717, 1.165) is 0 Å². The first-order valence-electron chi connectivity index (χ1n) is 8.67. The van der Waals surface area contributed by atoms with Gasteiger partial charge in [0.1, 0.15) is 11.0 Å². The van der Waals surface area contributed by atoms with Gasteiger partial charge in [0.05, 0.1) is 6.54 Å². The Morgan fingerprint density at radius 3 is 2.67 bits per heavy atom. The lowest BCUT2D eigenvalue weighted by Gasteiger charge is -2.16. The quantitative estimate of drug-likeness (QED) is 0.593. The fourth-order valence-corrected chi connectivity index (χ4v) is 4.32. The Labute approximate surface area is 168 Å². The maximum absolute atomic E-state index is 12.6. The molecule has 1 saturated heterocycles. The molecule has 0 bridgehead atoms. The topological polar surface area (TPSA) is 111 Å². The highest BCUT2D eigenvalue weighted by atomic mass is 32.2. The monoisotopic (exact) mass is 441 g/mol. The number of hydrogen-bond donors (Lipinski definition) is 0. The van der Waals surface area contributed by atoms with Gasteiger partial charge in [0, 0.05) is 36.8 Å². The maximum atomic E-state index is 12.6. The Morgan fingerprint density at radius 1 is 1.20 bits per heavy atom. The zero-order valence-electron chi connectivity index (χ0n) is 15.2. The maximum Gasteiger partial charge on any atom is 0.471 e. The summed E-state index contributed by atoms with van der Waals surface area (Å²) >= 11 is 0. The minimum Gasteiger partial charge on any atom is -0.473 e. The summed E-state index contributed by atoms with van der Waals surface area (Å²) in [5.74, 6) is -1.50. The van der Waals surface area contributed by atoms with Gasteiger partial charge in [0.2, 0.25) is 21.7 Å². The number of hydrogen-bond acceptors (Lipinski definition) is 8. The molecule has 9 nitrogen and oxygen atoms in total. The first-order chi connectivity index (χ1) is 14.2. The van der Waals surface area contributed by atoms with Crippen molar-refractivity contribution >= 4 is 10.0 Å². The van der Waals surface area contributed by atoms with E-state index < -0.39 is 28.2 Å². The summed E-state index contributed by atoms with van der Waals surface area (Å²) in [7, 11) is -3.66. The highest BCUT2D eigenvalue weighted by Crippen LogP contribution is 2.29. The SMILES string of the molecule is O=S(=O)(c1cccnc1)N1CC[C@@H](Oc2ccc(-c3noc(C(F)(F)F)n3)cn2)C1. The molecule has 0 spiro atoms. The van der Waals surface area contributed by atoms with Crippen LogP contribution in [0.15, 0.2) is 52.3 Å². The molecule has 13 heteroatoms. The van der Waals surface area contributed by atoms with Gasteiger partial charge in [0.15, 0.2) is 0 Å². The van der Waals surface area contributed by atoms with Crippen molar-refractivity contribution < 1.29 is 30.8 Å². The van der Waals surface area contributed by atoms with E-state index in [1.165, 1.54) is 41.1 Å². The summed E-state index contributed by atoms with van der Waals surface area (Å²) in [5.41, 5.74) is 0.216. The Hall–Kier alpha value is -3.06. The van der Waals surface area contributed by atoms with Crippen molar-refractivity contribution in [3.05, 3.63) is 48.7 Å². The molecule has 4 heterocycles. The molecule has 1 aliphatic heterocycles. The van der Waals surface area contributed by atoms with Gasteiger partial charge >= 0.3 is 12.1 Å². The second-order valence-corrected chi connectivity index (χ2v) is 8.32. The van der Waals surface area contributed by atoms with E-state index in [9.17, 15) is 21.6 Å². The lowest BCUT2D eigenvalue weighted by Crippen LogP contribution is -2.31. The number of sulfonamides is 1. The molecule has 158 valence electrons. The predicted molar refractivity (Wildman–Crippen MR) is 94.6 cm³/mol. The fourth-order valence-electron chi connectivity index (χ4n) is 2.87. The number of aromatic nitrogens is 4. The molecule has 1 fully saturated rings. The smallest absolute Gasteiger partial charge is 0.471 e. The van der Waals surface area contributed by atoms with Gasteiger partial charge in [-0.2, -0.15) is 22.5 Å². The Kier molecular flexibility index (Phi) is 5.15. The molecule has 0 radical (unpaired) electrons. The van der Waals surface area contributed by atoms with E-state index >= 15 is 0 Å². The second-order valence-electron chi connectivity index (χ2n) is 6.39. The predicted octanol–water partition coefficient (Wildman–Crippen LogP) is 2.39. The standard InChI is InChI=1S/C17H14F3N5O4S/c18-17(19,20)16-23-15(24-29-16)11-3-4-14(22-8-11)28-12-5-7-25(10-12)30(26,27)13-2-1-6-21-9-13/h1-4,6,8-9,12H,5,7,10H2/t12-/m1/s1. The molecule has 3 aromatic heterocycles. The van der Waals surface area contributed by atoms with Crippen molar-refractivity contribution in [2.24, 2.45) is 0 Å². The molecule has 0 N–H and O–H groups in total. The Morgan fingerprint density at radius 2 is 2.03 bits per heavy atom. The molecule has 30 heavy (non-hydrogen) atoms. The third kappa shape index (κ3) is 4.11. The number of halogens is 3. The van der Waals surface area contributed by atoms with Gasteiger partial charge in [-0.25, -0.2) is 13.4 Å². The van der Waals surface area contributed by atoms with Crippen LogP contribution in [0.4, 0.5) is 13.2 Å². The van der Waals surface area contributed by atoms with Crippen molar-refractivity contribution in [2.75, 3.05) is 13.1 Å². The van der Waals surface area contributed by atoms with Crippen LogP contribution in [0.3, 0.4) is 0 Å².